The highest BCUT2D eigenvalue weighted by atomic mass is 19.3. The van der Waals surface area contributed by atoms with E-state index >= 15 is 4.39 Å². The number of aryl methyl sites for hydroxylation is 1. The molecule has 2 fully saturated rings. The van der Waals surface area contributed by atoms with Crippen molar-refractivity contribution < 1.29 is 22.8 Å². The van der Waals surface area contributed by atoms with Crippen molar-refractivity contribution in [2.75, 3.05) is 18.4 Å². The zero-order valence-corrected chi connectivity index (χ0v) is 16.2. The van der Waals surface area contributed by atoms with Gasteiger partial charge in [0.2, 0.25) is 11.9 Å². The lowest BCUT2D eigenvalue weighted by atomic mass is 9.83. The van der Waals surface area contributed by atoms with Crippen molar-refractivity contribution in [3.8, 4) is 0 Å². The van der Waals surface area contributed by atoms with Gasteiger partial charge in [-0.1, -0.05) is 6.07 Å². The van der Waals surface area contributed by atoms with Crippen molar-refractivity contribution >= 4 is 17.8 Å². The second-order valence-electron chi connectivity index (χ2n) is 8.42. The number of aromatic nitrogens is 2. The summed E-state index contributed by atoms with van der Waals surface area (Å²) >= 11 is 0. The van der Waals surface area contributed by atoms with E-state index < -0.39 is 48.5 Å². The van der Waals surface area contributed by atoms with Crippen LogP contribution in [-0.4, -0.2) is 45.7 Å². The first-order valence-corrected chi connectivity index (χ1v) is 9.80. The van der Waals surface area contributed by atoms with Gasteiger partial charge in [-0.25, -0.2) is 23.1 Å². The van der Waals surface area contributed by atoms with Gasteiger partial charge in [0, 0.05) is 36.5 Å². The standard InChI is InChI=1S/C21H19F3N4O2/c1-11-6-25-19(26-7-11)27-15(29)8-28-10-20(9-21(20,23)24)16-14(18(28)30)5-4-13(17(16)22)12-2-3-12/h4-7,12H,2-3,8-10H2,1H3,(H,25,26,27,29)/t20-/m1/s1. The number of carbonyl (C=O) groups excluding carboxylic acids is 2. The SMILES string of the molecule is Cc1cnc(NC(=O)CN2C[C@]3(CC3(F)F)c3c(ccc(C4CC4)c3F)C2=O)nc1. The molecule has 5 rings (SSSR count). The normalized spacial score (nSPS) is 24.0. The van der Waals surface area contributed by atoms with Crippen molar-refractivity contribution in [3.05, 3.63) is 52.6 Å². The number of amides is 2. The second kappa shape index (κ2) is 6.26. The smallest absolute Gasteiger partial charge is 0.260 e. The lowest BCUT2D eigenvalue weighted by molar-refractivity contribution is -0.117. The van der Waals surface area contributed by atoms with E-state index in [0.29, 0.717) is 5.56 Å². The van der Waals surface area contributed by atoms with Crippen molar-refractivity contribution in [2.45, 2.75) is 43.4 Å². The van der Waals surface area contributed by atoms with Crippen LogP contribution in [0.3, 0.4) is 0 Å². The van der Waals surface area contributed by atoms with Crippen LogP contribution in [0.2, 0.25) is 0 Å². The third kappa shape index (κ3) is 2.86. The minimum atomic E-state index is -3.12. The first-order valence-electron chi connectivity index (χ1n) is 9.80. The number of rotatable bonds is 4. The molecule has 3 aliphatic rings. The van der Waals surface area contributed by atoms with E-state index in [4.69, 9.17) is 0 Å². The van der Waals surface area contributed by atoms with Gasteiger partial charge in [0.05, 0.1) is 5.41 Å². The van der Waals surface area contributed by atoms with Crippen molar-refractivity contribution in [3.63, 3.8) is 0 Å². The fourth-order valence-electron chi connectivity index (χ4n) is 4.29. The van der Waals surface area contributed by atoms with Gasteiger partial charge in [-0.3, -0.25) is 14.9 Å². The molecule has 1 aliphatic heterocycles. The molecule has 1 aromatic carbocycles. The third-order valence-corrected chi connectivity index (χ3v) is 6.11. The maximum atomic E-state index is 15.2. The molecule has 0 radical (unpaired) electrons. The zero-order valence-electron chi connectivity index (χ0n) is 16.2. The summed E-state index contributed by atoms with van der Waals surface area (Å²) < 4.78 is 44.2. The van der Waals surface area contributed by atoms with Crippen molar-refractivity contribution in [1.29, 1.82) is 0 Å². The molecule has 0 bridgehead atoms. The Morgan fingerprint density at radius 3 is 2.53 bits per heavy atom. The van der Waals surface area contributed by atoms with Crippen LogP contribution >= 0.6 is 0 Å². The highest BCUT2D eigenvalue weighted by Crippen LogP contribution is 2.65. The molecule has 30 heavy (non-hydrogen) atoms. The van der Waals surface area contributed by atoms with E-state index in [-0.39, 0.29) is 23.0 Å². The van der Waals surface area contributed by atoms with Gasteiger partial charge in [0.15, 0.2) is 0 Å². The predicted molar refractivity (Wildman–Crippen MR) is 101 cm³/mol. The molecule has 1 spiro atoms. The molecule has 6 nitrogen and oxygen atoms in total. The molecule has 0 saturated heterocycles. The number of nitrogens with one attached hydrogen (secondary N) is 1. The van der Waals surface area contributed by atoms with Crippen LogP contribution in [0.15, 0.2) is 24.5 Å². The number of hydrogen-bond acceptors (Lipinski definition) is 4. The Kier molecular flexibility index (Phi) is 3.97. The topological polar surface area (TPSA) is 75.2 Å². The molecule has 1 N–H and O–H groups in total. The maximum Gasteiger partial charge on any atom is 0.260 e. The molecule has 2 saturated carbocycles. The Balaban J connectivity index is 1.44. The number of fused-ring (bicyclic) bond motifs is 2. The summed E-state index contributed by atoms with van der Waals surface area (Å²) in [4.78, 5) is 34.3. The predicted octanol–water partition coefficient (Wildman–Crippen LogP) is 3.17. The first-order chi connectivity index (χ1) is 14.2. The van der Waals surface area contributed by atoms with E-state index in [1.165, 1.54) is 24.5 Å². The molecule has 0 unspecified atom stereocenters. The van der Waals surface area contributed by atoms with Crippen molar-refractivity contribution in [1.82, 2.24) is 14.9 Å². The van der Waals surface area contributed by atoms with Crippen LogP contribution in [0.5, 0.6) is 0 Å². The van der Waals surface area contributed by atoms with Gasteiger partial charge in [0.1, 0.15) is 12.4 Å². The van der Waals surface area contributed by atoms with Gasteiger partial charge in [-0.05, 0) is 42.9 Å². The van der Waals surface area contributed by atoms with Crippen LogP contribution in [0.1, 0.15) is 52.2 Å². The summed E-state index contributed by atoms with van der Waals surface area (Å²) in [5.74, 6) is -4.95. The van der Waals surface area contributed by atoms with E-state index in [9.17, 15) is 18.4 Å². The minimum absolute atomic E-state index is 0.0353. The molecule has 2 aromatic rings. The number of halogens is 3. The lowest BCUT2D eigenvalue weighted by Crippen LogP contribution is -2.49. The summed E-state index contributed by atoms with van der Waals surface area (Å²) in [6, 6.07) is 2.94. The zero-order chi connectivity index (χ0) is 21.3. The summed E-state index contributed by atoms with van der Waals surface area (Å²) in [5.41, 5.74) is -0.820. The first kappa shape index (κ1) is 19.0. The van der Waals surface area contributed by atoms with Crippen LogP contribution < -0.4 is 5.32 Å². The number of benzene rings is 1. The molecular weight excluding hydrogens is 397 g/mol. The Labute approximate surface area is 170 Å². The summed E-state index contributed by atoms with van der Waals surface area (Å²) in [6.07, 6.45) is 4.14. The van der Waals surface area contributed by atoms with Crippen LogP contribution in [0.4, 0.5) is 19.1 Å². The quantitative estimate of drug-likeness (QED) is 0.831. The summed E-state index contributed by atoms with van der Waals surface area (Å²) in [7, 11) is 0. The largest absolute Gasteiger partial charge is 0.328 e. The minimum Gasteiger partial charge on any atom is -0.328 e. The van der Waals surface area contributed by atoms with Crippen LogP contribution in [-0.2, 0) is 10.2 Å². The molecule has 9 heteroatoms. The van der Waals surface area contributed by atoms with Gasteiger partial charge >= 0.3 is 0 Å². The molecule has 2 amide bonds. The fraction of sp³-hybridized carbons (Fsp3) is 0.429. The van der Waals surface area contributed by atoms with Gasteiger partial charge in [0.25, 0.3) is 11.8 Å². The van der Waals surface area contributed by atoms with E-state index in [2.05, 4.69) is 15.3 Å². The maximum absolute atomic E-state index is 15.2. The number of alkyl halides is 2. The average Bonchev–Trinajstić information content (AvgIpc) is 3.59. The lowest BCUT2D eigenvalue weighted by Gasteiger charge is -2.35. The number of nitrogens with zero attached hydrogens (tertiary/aromatic N) is 3. The monoisotopic (exact) mass is 416 g/mol. The van der Waals surface area contributed by atoms with Crippen LogP contribution in [0.25, 0.3) is 0 Å². The fourth-order valence-corrected chi connectivity index (χ4v) is 4.29. The molecule has 2 heterocycles. The Morgan fingerprint density at radius 2 is 1.93 bits per heavy atom. The van der Waals surface area contributed by atoms with E-state index in [1.54, 1.807) is 6.92 Å². The summed E-state index contributed by atoms with van der Waals surface area (Å²) in [6.45, 7) is 0.941. The van der Waals surface area contributed by atoms with Gasteiger partial charge < -0.3 is 4.90 Å². The van der Waals surface area contributed by atoms with Crippen molar-refractivity contribution in [2.24, 2.45) is 0 Å². The number of anilines is 1. The average molecular weight is 416 g/mol. The third-order valence-electron chi connectivity index (χ3n) is 6.11. The van der Waals surface area contributed by atoms with Crippen LogP contribution in [0, 0.1) is 12.7 Å². The number of carbonyl (C=O) groups is 2. The Hall–Kier alpha value is -2.97. The second-order valence-corrected chi connectivity index (χ2v) is 8.42. The molecule has 1 aromatic heterocycles. The Morgan fingerprint density at radius 1 is 1.27 bits per heavy atom. The summed E-state index contributed by atoms with van der Waals surface area (Å²) in [5, 5.41) is 2.46. The molecule has 1 atom stereocenters. The number of hydrogen-bond donors (Lipinski definition) is 1. The van der Waals surface area contributed by atoms with Gasteiger partial charge in [-0.2, -0.15) is 0 Å². The van der Waals surface area contributed by atoms with Gasteiger partial charge in [-0.15, -0.1) is 0 Å². The highest BCUT2D eigenvalue weighted by Gasteiger charge is 2.75. The van der Waals surface area contributed by atoms with E-state index in [0.717, 1.165) is 23.3 Å². The Bertz CT molecular complexity index is 1070. The van der Waals surface area contributed by atoms with E-state index in [1.807, 2.05) is 0 Å². The molecule has 156 valence electrons. The molecular formula is C21H19F3N4O2. The highest BCUT2D eigenvalue weighted by molar-refractivity contribution is 6.01. The molecule has 2 aliphatic carbocycles.